The standard InChI is InChI=1S/C42H43N5O14/c43-42-45-39-31(40(57)46-42)44-18-47(39)27-6-2-1-5-23(27)29-20(4-3-10-48)15-58-17-28-34(54)35(55)36(56)41(60-28)61-37-26(29)13-25-30(38(37)59-16-21(51)9-11-49)33(53)24-12-19(14-50)7-8-22(24)32(25)52/h1-2,5-8,11-13,20-21,28-29,34-36,41,48,50-51,54-56H,3-4,9-10,14-18H2,(H2,43,46,57)/p+1/t20-,21+,28-,29-,34-,35+,36-,41+/m0/s1. The second-order valence-electron chi connectivity index (χ2n) is 15.4. The minimum absolute atomic E-state index is 0.00605. The number of hydrogen-bond acceptors (Lipinski definition) is 16. The first-order valence-corrected chi connectivity index (χ1v) is 19.8. The Morgan fingerprint density at radius 2 is 1.77 bits per heavy atom. The van der Waals surface area contributed by atoms with Crippen LogP contribution in [0.4, 0.5) is 5.69 Å². The number of nitrogens with zero attached hydrogens (tertiary/aromatic N) is 2. The fourth-order valence-corrected chi connectivity index (χ4v) is 8.56. The summed E-state index contributed by atoms with van der Waals surface area (Å²) in [7, 11) is 0. The molecule has 9 N–H and O–H groups in total. The van der Waals surface area contributed by atoms with Crippen LogP contribution in [0.25, 0.3) is 0 Å². The molecule has 0 radical (unpaired) electrons. The number of aliphatic hydroxyl groups excluding tert-OH is 6. The van der Waals surface area contributed by atoms with Crippen molar-refractivity contribution in [1.82, 2.24) is 5.32 Å². The van der Waals surface area contributed by atoms with Crippen molar-refractivity contribution in [2.45, 2.75) is 68.6 Å². The van der Waals surface area contributed by atoms with Gasteiger partial charge in [0, 0.05) is 46.8 Å². The molecule has 3 aromatic rings. The molecule has 1 amide bonds. The smallest absolute Gasteiger partial charge is 0.284 e. The van der Waals surface area contributed by atoms with Crippen LogP contribution in [0, 0.1) is 11.3 Å². The largest absolute Gasteiger partial charge is 0.486 e. The average molecular weight is 843 g/mol. The van der Waals surface area contributed by atoms with Gasteiger partial charge in [-0.2, -0.15) is 4.99 Å². The predicted octanol–water partition coefficient (Wildman–Crippen LogP) is -1.59. The molecular formula is C42H44N5O14+. The number of nitrogens with one attached hydrogen (secondary N) is 3. The van der Waals surface area contributed by atoms with Crippen LogP contribution in [0.5, 0.6) is 11.5 Å². The Bertz CT molecular complexity index is 2350. The number of aldehydes is 1. The Balaban J connectivity index is 1.42. The summed E-state index contributed by atoms with van der Waals surface area (Å²) in [6.07, 6.45) is -9.06. The maximum atomic E-state index is 14.7. The lowest BCUT2D eigenvalue weighted by Crippen LogP contribution is -3.09. The van der Waals surface area contributed by atoms with Crippen molar-refractivity contribution in [3.8, 4) is 11.5 Å². The summed E-state index contributed by atoms with van der Waals surface area (Å²) in [5.41, 5.74) is 1.19. The van der Waals surface area contributed by atoms with Gasteiger partial charge >= 0.3 is 0 Å². The van der Waals surface area contributed by atoms with E-state index in [0.717, 1.165) is 0 Å². The molecule has 1 aliphatic carbocycles. The second-order valence-corrected chi connectivity index (χ2v) is 15.4. The lowest BCUT2D eigenvalue weighted by molar-refractivity contribution is -0.723. The van der Waals surface area contributed by atoms with E-state index in [0.29, 0.717) is 28.0 Å². The van der Waals surface area contributed by atoms with E-state index in [1.807, 2.05) is 0 Å². The highest BCUT2D eigenvalue weighted by molar-refractivity contribution is 6.68. The first-order chi connectivity index (χ1) is 29.4. The first kappa shape index (κ1) is 42.1. The third-order valence-electron chi connectivity index (χ3n) is 11.5. The van der Waals surface area contributed by atoms with Crippen LogP contribution in [0.15, 0.2) is 58.5 Å². The number of amides is 1. The highest BCUT2D eigenvalue weighted by atomic mass is 16.7. The Morgan fingerprint density at radius 1 is 0.967 bits per heavy atom. The quantitative estimate of drug-likeness (QED) is 0.0771. The lowest BCUT2D eigenvalue weighted by Gasteiger charge is -2.40. The summed E-state index contributed by atoms with van der Waals surface area (Å²) in [6.45, 7) is -1.61. The fourth-order valence-electron chi connectivity index (χ4n) is 8.56. The zero-order valence-corrected chi connectivity index (χ0v) is 32.5. The van der Waals surface area contributed by atoms with Gasteiger partial charge in [0.25, 0.3) is 11.7 Å². The number of guanidine groups is 1. The van der Waals surface area contributed by atoms with E-state index in [1.165, 1.54) is 24.3 Å². The predicted molar refractivity (Wildman–Crippen MR) is 210 cm³/mol. The number of para-hydroxylation sites is 1. The second kappa shape index (κ2) is 17.4. The number of fused-ring (bicyclic) bond motifs is 6. The molecule has 5 aliphatic rings. The molecule has 1 unspecified atom stereocenters. The van der Waals surface area contributed by atoms with Crippen LogP contribution in [-0.2, 0) is 25.7 Å². The molecule has 0 aromatic heterocycles. The van der Waals surface area contributed by atoms with Crippen molar-refractivity contribution >= 4 is 47.0 Å². The molecule has 19 nitrogen and oxygen atoms in total. The number of aliphatic imine (C=N–C) groups is 2. The minimum atomic E-state index is -1.89. The molecule has 19 heteroatoms. The fraction of sp³-hybridized carbons (Fsp3) is 0.405. The molecule has 4 heterocycles. The molecule has 4 aliphatic heterocycles. The van der Waals surface area contributed by atoms with Gasteiger partial charge in [-0.15, -0.1) is 0 Å². The summed E-state index contributed by atoms with van der Waals surface area (Å²) in [5.74, 6) is -4.28. The summed E-state index contributed by atoms with van der Waals surface area (Å²) >= 11 is 0. The van der Waals surface area contributed by atoms with Crippen LogP contribution >= 0.6 is 0 Å². The molecule has 61 heavy (non-hydrogen) atoms. The van der Waals surface area contributed by atoms with Crippen molar-refractivity contribution in [2.75, 3.05) is 33.1 Å². The van der Waals surface area contributed by atoms with Gasteiger partial charge in [0.15, 0.2) is 29.7 Å². The number of carbonyl (C=O) groups is 4. The topological polar surface area (TPSA) is 292 Å². The highest BCUT2D eigenvalue weighted by Crippen LogP contribution is 2.51. The number of carbonyl (C=O) groups excluding carboxylic acids is 4. The number of aliphatic hydroxyl groups is 6. The Morgan fingerprint density at radius 3 is 2.54 bits per heavy atom. The minimum Gasteiger partial charge on any atom is -0.486 e. The molecule has 1 saturated heterocycles. The van der Waals surface area contributed by atoms with Gasteiger partial charge in [0.1, 0.15) is 43.0 Å². The van der Waals surface area contributed by atoms with E-state index in [1.54, 1.807) is 24.3 Å². The van der Waals surface area contributed by atoms with Gasteiger partial charge < -0.3 is 54.4 Å². The summed E-state index contributed by atoms with van der Waals surface area (Å²) < 4.78 is 25.1. The number of hydrogen-bond donors (Lipinski definition) is 9. The maximum absolute atomic E-state index is 14.7. The van der Waals surface area contributed by atoms with Gasteiger partial charge in [-0.05, 0) is 48.6 Å². The first-order valence-electron chi connectivity index (χ1n) is 19.8. The number of ether oxygens (including phenoxy) is 4. The summed E-state index contributed by atoms with van der Waals surface area (Å²) in [5, 5.41) is 74.8. The van der Waals surface area contributed by atoms with E-state index in [-0.39, 0.29) is 103 Å². The third kappa shape index (κ3) is 7.68. The van der Waals surface area contributed by atoms with Crippen molar-refractivity contribution in [3.63, 3.8) is 0 Å². The molecule has 8 rings (SSSR count). The van der Waals surface area contributed by atoms with Crippen LogP contribution in [0.2, 0.25) is 0 Å². The Hall–Kier alpha value is -5.61. The van der Waals surface area contributed by atoms with Gasteiger partial charge in [-0.3, -0.25) is 25.1 Å². The molecule has 2 bridgehead atoms. The maximum Gasteiger partial charge on any atom is 0.284 e. The third-order valence-corrected chi connectivity index (χ3v) is 11.5. The van der Waals surface area contributed by atoms with Crippen molar-refractivity contribution in [1.29, 1.82) is 5.41 Å². The van der Waals surface area contributed by atoms with Crippen molar-refractivity contribution in [3.05, 3.63) is 87.5 Å². The van der Waals surface area contributed by atoms with Gasteiger partial charge in [0.2, 0.25) is 18.0 Å². The molecule has 0 saturated carbocycles. The molecular weight excluding hydrogens is 798 g/mol. The van der Waals surface area contributed by atoms with Crippen LogP contribution in [0.3, 0.4) is 0 Å². The zero-order valence-electron chi connectivity index (χ0n) is 32.5. The number of amidine groups is 1. The Kier molecular flexibility index (Phi) is 12.0. The number of quaternary nitrogens is 1. The summed E-state index contributed by atoms with van der Waals surface area (Å²) in [4.78, 5) is 63.0. The molecule has 320 valence electrons. The molecule has 0 spiro atoms. The summed E-state index contributed by atoms with van der Waals surface area (Å²) in [6, 6.07) is 12.9. The normalized spacial score (nSPS) is 27.5. The monoisotopic (exact) mass is 842 g/mol. The lowest BCUT2D eigenvalue weighted by atomic mass is 9.74. The van der Waals surface area contributed by atoms with Crippen molar-refractivity contribution < 1.29 is 73.7 Å². The van der Waals surface area contributed by atoms with Gasteiger partial charge in [-0.1, -0.05) is 24.3 Å². The van der Waals surface area contributed by atoms with Gasteiger partial charge in [-0.25, -0.2) is 9.89 Å². The van der Waals surface area contributed by atoms with Crippen molar-refractivity contribution in [2.24, 2.45) is 15.9 Å². The molecule has 9 atom stereocenters. The SMILES string of the molecule is N=C1N=C2C(=NC[NH+]2c2ccccc2[C@H]2c3cc4c(c(OC[C@H](O)CC=O)c3O[C@H]3O[C@@H](COC[C@@H]2CCCO)[C@H](O)[C@@H](O)[C@@H]3O)C(=O)c2cc(CO)ccc2C4=O)C(=O)N1. The van der Waals surface area contributed by atoms with E-state index >= 15 is 0 Å². The van der Waals surface area contributed by atoms with E-state index in [4.69, 9.17) is 24.4 Å². The average Bonchev–Trinajstić information content (AvgIpc) is 3.67. The highest BCUT2D eigenvalue weighted by Gasteiger charge is 2.49. The zero-order chi connectivity index (χ0) is 43.1. The van der Waals surface area contributed by atoms with Crippen LogP contribution in [-0.4, -0.2) is 142 Å². The Labute approximate surface area is 347 Å². The van der Waals surface area contributed by atoms with Crippen LogP contribution < -0.4 is 19.7 Å². The van der Waals surface area contributed by atoms with Gasteiger partial charge in [0.05, 0.1) is 31.5 Å². The molecule has 1 fully saturated rings. The van der Waals surface area contributed by atoms with Crippen LogP contribution in [0.1, 0.15) is 73.7 Å². The number of benzene rings is 3. The number of ketones is 2. The van der Waals surface area contributed by atoms with E-state index in [9.17, 15) is 49.8 Å². The number of rotatable bonds is 11. The van der Waals surface area contributed by atoms with E-state index < -0.39 is 79.3 Å². The molecule has 3 aromatic carbocycles. The van der Waals surface area contributed by atoms with E-state index in [2.05, 4.69) is 15.3 Å².